The largest absolute Gasteiger partial charge is 0.460 e. The minimum Gasteiger partial charge on any atom is -0.460 e. The van der Waals surface area contributed by atoms with Crippen molar-refractivity contribution in [2.45, 2.75) is 76.4 Å². The van der Waals surface area contributed by atoms with Crippen LogP contribution in [0.1, 0.15) is 70.4 Å². The maximum Gasteiger partial charge on any atom is 0.375 e. The van der Waals surface area contributed by atoms with Crippen molar-refractivity contribution in [2.24, 2.45) is 28.6 Å². The Morgan fingerprint density at radius 3 is 2.59 bits per heavy atom. The first kappa shape index (κ1) is 28.2. The van der Waals surface area contributed by atoms with Gasteiger partial charge in [0, 0.05) is 23.2 Å². The molecule has 0 aromatic carbocycles. The Labute approximate surface area is 238 Å². The van der Waals surface area contributed by atoms with E-state index in [-0.39, 0.29) is 48.0 Å². The standard InChI is InChI=1S/C30H34Cl2O7/c1-5-25(35)38-24-15-28(4)21(20-9-8-18-14-19(33)10-11-27(18,3)29(20,24)32)13-17(2)30(28,23(34)16-31)39-26(36)22-7-6-12-37-22/h6-7,10-12,14,17,20-21,24H,5,8-9,13,15-16H2,1-4H3/t17-,20+,21+,24+,27+,28+,29+,30+/m1/s1. The summed E-state index contributed by atoms with van der Waals surface area (Å²) < 4.78 is 17.6. The molecule has 5 rings (SSSR count). The van der Waals surface area contributed by atoms with Crippen LogP contribution in [0.5, 0.6) is 0 Å². The molecule has 4 aliphatic rings. The van der Waals surface area contributed by atoms with Crippen LogP contribution in [0.4, 0.5) is 0 Å². The van der Waals surface area contributed by atoms with Crippen LogP contribution in [0, 0.1) is 28.6 Å². The molecular weight excluding hydrogens is 543 g/mol. The van der Waals surface area contributed by atoms with Gasteiger partial charge in [0.2, 0.25) is 5.76 Å². The monoisotopic (exact) mass is 576 g/mol. The van der Waals surface area contributed by atoms with Crippen molar-refractivity contribution in [1.82, 2.24) is 0 Å². The van der Waals surface area contributed by atoms with Gasteiger partial charge in [0.1, 0.15) is 6.10 Å². The molecule has 0 radical (unpaired) electrons. The molecule has 0 spiro atoms. The summed E-state index contributed by atoms with van der Waals surface area (Å²) >= 11 is 14.0. The van der Waals surface area contributed by atoms with Crippen LogP contribution >= 0.6 is 23.2 Å². The number of fused-ring (bicyclic) bond motifs is 5. The van der Waals surface area contributed by atoms with Crippen molar-refractivity contribution in [3.05, 3.63) is 48.0 Å². The molecule has 7 nitrogen and oxygen atoms in total. The third-order valence-electron chi connectivity index (χ3n) is 10.2. The quantitative estimate of drug-likeness (QED) is 0.310. The lowest BCUT2D eigenvalue weighted by atomic mass is 9.45. The van der Waals surface area contributed by atoms with Gasteiger partial charge in [-0.25, -0.2) is 4.79 Å². The molecule has 0 saturated heterocycles. The Morgan fingerprint density at radius 2 is 1.95 bits per heavy atom. The Balaban J connectivity index is 1.67. The smallest absolute Gasteiger partial charge is 0.375 e. The number of carbonyl (C=O) groups excluding carboxylic acids is 4. The maximum atomic E-state index is 13.8. The number of halogens is 2. The van der Waals surface area contributed by atoms with Gasteiger partial charge in [-0.2, -0.15) is 0 Å². The van der Waals surface area contributed by atoms with Gasteiger partial charge >= 0.3 is 11.9 Å². The molecule has 0 bridgehead atoms. The summed E-state index contributed by atoms with van der Waals surface area (Å²) in [5.41, 5.74) is -2.34. The van der Waals surface area contributed by atoms with Gasteiger partial charge in [-0.3, -0.25) is 14.4 Å². The zero-order chi connectivity index (χ0) is 28.4. The molecule has 210 valence electrons. The number of hydrogen-bond acceptors (Lipinski definition) is 7. The SMILES string of the molecule is CCC(=O)O[C@H]1C[C@@]2(C)[C@@H](C[C@@H](C)[C@]2(OC(=O)c2ccco2)C(=O)CCl)[C@@H]2CCC3=CC(=O)C=C[C@]3(C)[C@@]12Cl. The molecular formula is C30H34Cl2O7. The van der Waals surface area contributed by atoms with E-state index in [1.54, 1.807) is 19.1 Å². The lowest BCUT2D eigenvalue weighted by Gasteiger charge is -2.64. The Bertz CT molecular complexity index is 1270. The molecule has 1 aromatic rings. The van der Waals surface area contributed by atoms with Crippen molar-refractivity contribution in [3.63, 3.8) is 0 Å². The topological polar surface area (TPSA) is 99.9 Å². The Kier molecular flexibility index (Phi) is 6.95. The number of ketones is 2. The van der Waals surface area contributed by atoms with E-state index in [9.17, 15) is 19.2 Å². The zero-order valence-electron chi connectivity index (χ0n) is 22.6. The lowest BCUT2D eigenvalue weighted by Crippen LogP contribution is -2.70. The summed E-state index contributed by atoms with van der Waals surface area (Å²) in [5.74, 6) is -2.73. The third-order valence-corrected chi connectivity index (χ3v) is 11.4. The average molecular weight is 578 g/mol. The van der Waals surface area contributed by atoms with E-state index >= 15 is 0 Å². The van der Waals surface area contributed by atoms with E-state index in [2.05, 4.69) is 0 Å². The van der Waals surface area contributed by atoms with Crippen LogP contribution in [0.15, 0.2) is 46.6 Å². The number of furan rings is 1. The van der Waals surface area contributed by atoms with Crippen molar-refractivity contribution in [3.8, 4) is 0 Å². The van der Waals surface area contributed by atoms with Crippen molar-refractivity contribution in [2.75, 3.05) is 5.88 Å². The van der Waals surface area contributed by atoms with Crippen LogP contribution in [0.2, 0.25) is 0 Å². The molecule has 1 aromatic heterocycles. The van der Waals surface area contributed by atoms with Gasteiger partial charge in [0.25, 0.3) is 0 Å². The van der Waals surface area contributed by atoms with Crippen LogP contribution in [0.3, 0.4) is 0 Å². The number of carbonyl (C=O) groups is 4. The van der Waals surface area contributed by atoms with Gasteiger partial charge in [-0.15, -0.1) is 23.2 Å². The van der Waals surface area contributed by atoms with Crippen LogP contribution in [0.25, 0.3) is 0 Å². The third kappa shape index (κ3) is 3.75. The molecule has 39 heavy (non-hydrogen) atoms. The average Bonchev–Trinajstić information content (AvgIpc) is 3.51. The fourth-order valence-corrected chi connectivity index (χ4v) is 9.19. The molecule has 9 heteroatoms. The van der Waals surface area contributed by atoms with E-state index in [0.29, 0.717) is 19.3 Å². The molecule has 3 saturated carbocycles. The summed E-state index contributed by atoms with van der Waals surface area (Å²) in [6, 6.07) is 3.07. The van der Waals surface area contributed by atoms with E-state index in [1.807, 2.05) is 26.8 Å². The molecule has 0 unspecified atom stereocenters. The number of hydrogen-bond donors (Lipinski definition) is 0. The Hall–Kier alpha value is -2.38. The van der Waals surface area contributed by atoms with E-state index in [0.717, 1.165) is 5.57 Å². The van der Waals surface area contributed by atoms with Crippen molar-refractivity contribution >= 4 is 46.7 Å². The number of alkyl halides is 2. The molecule has 1 heterocycles. The highest BCUT2D eigenvalue weighted by Gasteiger charge is 2.77. The number of ether oxygens (including phenoxy) is 2. The molecule has 0 N–H and O–H groups in total. The van der Waals surface area contributed by atoms with E-state index < -0.39 is 45.1 Å². The summed E-state index contributed by atoms with van der Waals surface area (Å²) in [5, 5.41) is 0. The van der Waals surface area contributed by atoms with Crippen molar-refractivity contribution in [1.29, 1.82) is 0 Å². The highest BCUT2D eigenvalue weighted by Crippen LogP contribution is 2.72. The molecule has 8 atom stereocenters. The summed E-state index contributed by atoms with van der Waals surface area (Å²) in [6.45, 7) is 7.56. The first-order valence-electron chi connectivity index (χ1n) is 13.6. The van der Waals surface area contributed by atoms with Crippen LogP contribution in [-0.2, 0) is 23.9 Å². The Morgan fingerprint density at radius 1 is 1.21 bits per heavy atom. The van der Waals surface area contributed by atoms with Gasteiger partial charge in [0.15, 0.2) is 17.2 Å². The van der Waals surface area contributed by atoms with Gasteiger partial charge < -0.3 is 13.9 Å². The molecule has 0 aliphatic heterocycles. The second kappa shape index (κ2) is 9.62. The first-order valence-corrected chi connectivity index (χ1v) is 14.5. The van der Waals surface area contributed by atoms with Gasteiger partial charge in [-0.05, 0) is 61.8 Å². The summed E-state index contributed by atoms with van der Waals surface area (Å²) in [4.78, 5) is 51.2. The van der Waals surface area contributed by atoms with Gasteiger partial charge in [-0.1, -0.05) is 39.3 Å². The summed E-state index contributed by atoms with van der Waals surface area (Å²) in [6.07, 6.45) is 7.77. The second-order valence-corrected chi connectivity index (χ2v) is 12.8. The lowest BCUT2D eigenvalue weighted by molar-refractivity contribution is -0.189. The zero-order valence-corrected chi connectivity index (χ0v) is 24.1. The fraction of sp³-hybridized carbons (Fsp3) is 0.600. The number of rotatable bonds is 6. The number of esters is 2. The normalized spacial score (nSPS) is 40.7. The highest BCUT2D eigenvalue weighted by atomic mass is 35.5. The van der Waals surface area contributed by atoms with E-state index in [4.69, 9.17) is 37.1 Å². The summed E-state index contributed by atoms with van der Waals surface area (Å²) in [7, 11) is 0. The van der Waals surface area contributed by atoms with E-state index in [1.165, 1.54) is 18.4 Å². The predicted octanol–water partition coefficient (Wildman–Crippen LogP) is 5.83. The first-order chi connectivity index (χ1) is 18.4. The van der Waals surface area contributed by atoms with Gasteiger partial charge in [0.05, 0.1) is 17.0 Å². The minimum absolute atomic E-state index is 0.00979. The fourth-order valence-electron chi connectivity index (χ4n) is 8.42. The number of Topliss-reactive ketones (excluding diaryl/α,β-unsaturated/α-hetero) is 1. The highest BCUT2D eigenvalue weighted by molar-refractivity contribution is 6.29. The van der Waals surface area contributed by atoms with Crippen LogP contribution < -0.4 is 0 Å². The van der Waals surface area contributed by atoms with Crippen LogP contribution in [-0.4, -0.2) is 46.0 Å². The minimum atomic E-state index is -1.58. The molecule has 3 fully saturated rings. The van der Waals surface area contributed by atoms with Crippen molar-refractivity contribution < 1.29 is 33.1 Å². The predicted molar refractivity (Wildman–Crippen MR) is 144 cm³/mol. The second-order valence-electron chi connectivity index (χ2n) is 11.9. The molecule has 4 aliphatic carbocycles. The maximum absolute atomic E-state index is 13.8. The number of allylic oxidation sites excluding steroid dienone is 4. The molecule has 0 amide bonds.